The number of alkyl halides is 7. The Morgan fingerprint density at radius 1 is 0.556 bits per heavy atom. The molecule has 0 amide bonds. The highest BCUT2D eigenvalue weighted by Gasteiger charge is 2.73. The molecular weight excluding hydrogens is 497 g/mol. The molecule has 0 fully saturated rings. The number of hydrogen-bond acceptors (Lipinski definition) is 4. The zero-order chi connectivity index (χ0) is 27.5. The lowest BCUT2D eigenvalue weighted by atomic mass is 10.0. The molecule has 0 rings (SSSR count). The first-order valence-corrected chi connectivity index (χ1v) is 13.0. The summed E-state index contributed by atoms with van der Waals surface area (Å²) in [6.07, 6.45) is 9.17. The first-order valence-electron chi connectivity index (χ1n) is 13.0. The van der Waals surface area contributed by atoms with Crippen LogP contribution in [-0.2, 0) is 19.1 Å². The fourth-order valence-corrected chi connectivity index (χ4v) is 3.47. The Balaban J connectivity index is 3.65. The summed E-state index contributed by atoms with van der Waals surface area (Å²) >= 11 is 0. The molecule has 214 valence electrons. The summed E-state index contributed by atoms with van der Waals surface area (Å²) in [5, 5.41) is 0. The van der Waals surface area contributed by atoms with E-state index < -0.39 is 43.0 Å². The third kappa shape index (κ3) is 15.5. The molecule has 0 aliphatic carbocycles. The lowest BCUT2D eigenvalue weighted by molar-refractivity contribution is -0.359. The first-order chi connectivity index (χ1) is 16.8. The van der Waals surface area contributed by atoms with Crippen LogP contribution in [0.2, 0.25) is 0 Å². The Bertz CT molecular complexity index is 595. The topological polar surface area (TPSA) is 52.6 Å². The highest BCUT2D eigenvalue weighted by atomic mass is 19.4. The minimum absolute atomic E-state index is 0.169. The van der Waals surface area contributed by atoms with Gasteiger partial charge in [0.05, 0.1) is 6.61 Å². The van der Waals surface area contributed by atoms with Gasteiger partial charge in [0.2, 0.25) is 0 Å². The number of esters is 2. The van der Waals surface area contributed by atoms with Gasteiger partial charge in [-0.15, -0.1) is 0 Å². The average Bonchev–Trinajstić information content (AvgIpc) is 2.79. The average molecular weight is 539 g/mol. The van der Waals surface area contributed by atoms with Crippen LogP contribution >= 0.6 is 0 Å². The van der Waals surface area contributed by atoms with Gasteiger partial charge in [-0.2, -0.15) is 30.7 Å². The van der Waals surface area contributed by atoms with Crippen LogP contribution in [0.1, 0.15) is 116 Å². The van der Waals surface area contributed by atoms with Crippen molar-refractivity contribution in [2.45, 2.75) is 134 Å². The number of rotatable bonds is 22. The summed E-state index contributed by atoms with van der Waals surface area (Å²) in [6, 6.07) is 0. The molecule has 0 unspecified atom stereocenters. The van der Waals surface area contributed by atoms with Gasteiger partial charge in [-0.05, 0) is 12.8 Å². The molecule has 0 heterocycles. The maximum absolute atomic E-state index is 13.1. The Hall–Kier alpha value is -1.55. The predicted molar refractivity (Wildman–Crippen MR) is 122 cm³/mol. The number of ether oxygens (including phenoxy) is 2. The van der Waals surface area contributed by atoms with Crippen molar-refractivity contribution in [3.63, 3.8) is 0 Å². The molecule has 0 aliphatic rings. The molecule has 0 bridgehead atoms. The van der Waals surface area contributed by atoms with Crippen LogP contribution in [0, 0.1) is 0 Å². The summed E-state index contributed by atoms with van der Waals surface area (Å²) in [5.41, 5.74) is 0. The number of carbonyl (C=O) groups is 2. The molecule has 0 aliphatic heterocycles. The van der Waals surface area contributed by atoms with Crippen molar-refractivity contribution in [1.82, 2.24) is 0 Å². The van der Waals surface area contributed by atoms with Crippen LogP contribution in [0.4, 0.5) is 30.7 Å². The molecule has 0 saturated carbocycles. The van der Waals surface area contributed by atoms with Crippen LogP contribution in [0.25, 0.3) is 0 Å². The number of hydrogen-bond donors (Lipinski definition) is 0. The summed E-state index contributed by atoms with van der Waals surface area (Å²) in [4.78, 5) is 22.9. The zero-order valence-corrected chi connectivity index (χ0v) is 21.2. The van der Waals surface area contributed by atoms with Gasteiger partial charge >= 0.3 is 30.0 Å². The molecule has 0 aromatic carbocycles. The fourth-order valence-electron chi connectivity index (χ4n) is 3.47. The first kappa shape index (κ1) is 34.5. The van der Waals surface area contributed by atoms with E-state index in [9.17, 15) is 40.3 Å². The van der Waals surface area contributed by atoms with Gasteiger partial charge in [-0.25, -0.2) is 0 Å². The van der Waals surface area contributed by atoms with E-state index in [4.69, 9.17) is 4.74 Å². The van der Waals surface area contributed by atoms with Gasteiger partial charge < -0.3 is 9.47 Å². The van der Waals surface area contributed by atoms with Crippen molar-refractivity contribution in [1.29, 1.82) is 0 Å². The molecule has 0 spiro atoms. The number of halogens is 7. The van der Waals surface area contributed by atoms with Gasteiger partial charge in [-0.3, -0.25) is 9.59 Å². The molecule has 11 heteroatoms. The molecule has 0 aromatic heterocycles. The molecule has 4 nitrogen and oxygen atoms in total. The van der Waals surface area contributed by atoms with Crippen LogP contribution in [-0.4, -0.2) is 43.2 Å². The van der Waals surface area contributed by atoms with E-state index in [1.807, 2.05) is 0 Å². The second-order valence-corrected chi connectivity index (χ2v) is 9.11. The monoisotopic (exact) mass is 538 g/mol. The van der Waals surface area contributed by atoms with Crippen molar-refractivity contribution in [2.75, 3.05) is 13.2 Å². The molecule has 0 aromatic rings. The molecule has 36 heavy (non-hydrogen) atoms. The normalized spacial score (nSPS) is 12.6. The fraction of sp³-hybridized carbons (Fsp3) is 0.920. The van der Waals surface area contributed by atoms with Crippen molar-refractivity contribution < 1.29 is 49.8 Å². The Morgan fingerprint density at radius 2 is 0.944 bits per heavy atom. The van der Waals surface area contributed by atoms with E-state index in [0.29, 0.717) is 6.42 Å². The third-order valence-electron chi connectivity index (χ3n) is 5.75. The molecule has 0 atom stereocenters. The molecular formula is C25H41F7O4. The Labute approximate surface area is 209 Å². The highest BCUT2D eigenvalue weighted by Crippen LogP contribution is 2.46. The SMILES string of the molecule is CCCCCCCCCCCCCCCCOC(=O)CCCC(=O)OCC(F)(F)C(F)(F)C(F)(F)F. The quantitative estimate of drug-likeness (QED) is 0.0787. The van der Waals surface area contributed by atoms with Gasteiger partial charge in [-0.1, -0.05) is 90.4 Å². The van der Waals surface area contributed by atoms with Crippen molar-refractivity contribution in [2.24, 2.45) is 0 Å². The van der Waals surface area contributed by atoms with Crippen molar-refractivity contribution in [3.8, 4) is 0 Å². The van der Waals surface area contributed by atoms with Crippen molar-refractivity contribution >= 4 is 11.9 Å². The lowest BCUT2D eigenvalue weighted by Crippen LogP contribution is -2.54. The van der Waals surface area contributed by atoms with Gasteiger partial charge in [0.25, 0.3) is 0 Å². The van der Waals surface area contributed by atoms with E-state index >= 15 is 0 Å². The summed E-state index contributed by atoms with van der Waals surface area (Å²) in [7, 11) is 0. The second kappa shape index (κ2) is 18.7. The van der Waals surface area contributed by atoms with E-state index in [2.05, 4.69) is 11.7 Å². The summed E-state index contributed by atoms with van der Waals surface area (Å²) < 4.78 is 96.5. The van der Waals surface area contributed by atoms with Gasteiger partial charge in [0, 0.05) is 12.8 Å². The summed E-state index contributed by atoms with van der Waals surface area (Å²) in [5.74, 6) is -14.0. The van der Waals surface area contributed by atoms with Crippen LogP contribution in [0.15, 0.2) is 0 Å². The van der Waals surface area contributed by atoms with E-state index in [-0.39, 0.29) is 19.4 Å². The second-order valence-electron chi connectivity index (χ2n) is 9.11. The van der Waals surface area contributed by atoms with Crippen molar-refractivity contribution in [3.05, 3.63) is 0 Å². The van der Waals surface area contributed by atoms with E-state index in [0.717, 1.165) is 19.3 Å². The maximum Gasteiger partial charge on any atom is 0.460 e. The summed E-state index contributed by atoms with van der Waals surface area (Å²) in [6.45, 7) is 0.00699. The minimum Gasteiger partial charge on any atom is -0.466 e. The van der Waals surface area contributed by atoms with Crippen LogP contribution < -0.4 is 0 Å². The van der Waals surface area contributed by atoms with Gasteiger partial charge in [0.15, 0.2) is 6.61 Å². The van der Waals surface area contributed by atoms with E-state index in [1.54, 1.807) is 0 Å². The molecule has 0 saturated heterocycles. The Kier molecular flexibility index (Phi) is 17.9. The van der Waals surface area contributed by atoms with Crippen LogP contribution in [0.3, 0.4) is 0 Å². The number of carbonyl (C=O) groups excluding carboxylic acids is 2. The minimum atomic E-state index is -6.49. The Morgan fingerprint density at radius 3 is 1.36 bits per heavy atom. The molecule has 0 radical (unpaired) electrons. The zero-order valence-electron chi connectivity index (χ0n) is 21.2. The third-order valence-corrected chi connectivity index (χ3v) is 5.75. The smallest absolute Gasteiger partial charge is 0.460 e. The molecule has 0 N–H and O–H groups in total. The van der Waals surface area contributed by atoms with E-state index in [1.165, 1.54) is 64.2 Å². The lowest BCUT2D eigenvalue weighted by Gasteiger charge is -2.27. The maximum atomic E-state index is 13.1. The van der Waals surface area contributed by atoms with Crippen LogP contribution in [0.5, 0.6) is 0 Å². The standard InChI is InChI=1S/C25H41F7O4/c1-2-3-4-5-6-7-8-9-10-11-12-13-14-15-19-35-21(33)17-16-18-22(34)36-20-23(26,27)24(28,29)25(30,31)32/h2-20H2,1H3. The number of unbranched alkanes of at least 4 members (excludes halogenated alkanes) is 13. The largest absolute Gasteiger partial charge is 0.466 e. The predicted octanol–water partition coefficient (Wildman–Crippen LogP) is 8.56. The highest BCUT2D eigenvalue weighted by molar-refractivity contribution is 5.72. The van der Waals surface area contributed by atoms with Gasteiger partial charge in [0.1, 0.15) is 0 Å².